The van der Waals surface area contributed by atoms with Crippen molar-refractivity contribution in [3.8, 4) is 0 Å². The number of para-hydroxylation sites is 1. The number of hydrogen-bond acceptors (Lipinski definition) is 5. The first kappa shape index (κ1) is 24.6. The van der Waals surface area contributed by atoms with Gasteiger partial charge in [0.15, 0.2) is 6.61 Å². The monoisotopic (exact) mass is 496 g/mol. The Labute approximate surface area is 203 Å². The van der Waals surface area contributed by atoms with Crippen molar-refractivity contribution in [1.82, 2.24) is 0 Å². The second-order valence-corrected chi connectivity index (χ2v) is 8.16. The molecule has 0 aliphatic carbocycles. The first-order valence-corrected chi connectivity index (χ1v) is 10.7. The molecule has 0 fully saturated rings. The van der Waals surface area contributed by atoms with Crippen molar-refractivity contribution in [3.63, 3.8) is 0 Å². The number of hydrogen-bond donors (Lipinski definition) is 1. The van der Waals surface area contributed by atoms with Crippen LogP contribution in [0.4, 0.5) is 24.5 Å². The topological polar surface area (TPSA) is 92.8 Å². The number of fused-ring (bicyclic) bond motifs is 1. The number of anilines is 2. The first-order chi connectivity index (χ1) is 17.0. The fourth-order valence-corrected chi connectivity index (χ4v) is 3.79. The molecule has 7 nitrogen and oxygen atoms in total. The number of nitrogens with one attached hydrogen (secondary N) is 1. The molecule has 1 N–H and O–H groups in total. The lowest BCUT2D eigenvalue weighted by atomic mass is 10.1. The minimum absolute atomic E-state index is 0.00101. The van der Waals surface area contributed by atoms with E-state index in [9.17, 15) is 32.3 Å². The highest BCUT2D eigenvalue weighted by Gasteiger charge is 2.38. The number of ether oxygens (including phenoxy) is 1. The number of aryl methyl sites for hydroxylation is 2. The average Bonchev–Trinajstić information content (AvgIpc) is 3.08. The SMILES string of the molecule is Cc1ccc(C)c(N2C(=O)c3ccc(C(=O)OCC(=O)Nc4ccccc4C(F)(F)F)cc3C2=O)c1. The summed E-state index contributed by atoms with van der Waals surface area (Å²) >= 11 is 0. The minimum Gasteiger partial charge on any atom is -0.452 e. The van der Waals surface area contributed by atoms with E-state index in [0.29, 0.717) is 11.3 Å². The minimum atomic E-state index is -4.68. The lowest BCUT2D eigenvalue weighted by Gasteiger charge is -2.17. The van der Waals surface area contributed by atoms with Gasteiger partial charge in [-0.2, -0.15) is 13.2 Å². The van der Waals surface area contributed by atoms with E-state index in [2.05, 4.69) is 5.32 Å². The van der Waals surface area contributed by atoms with Gasteiger partial charge in [0.1, 0.15) is 0 Å². The van der Waals surface area contributed by atoms with Crippen LogP contribution < -0.4 is 10.2 Å². The predicted molar refractivity (Wildman–Crippen MR) is 124 cm³/mol. The van der Waals surface area contributed by atoms with E-state index >= 15 is 0 Å². The van der Waals surface area contributed by atoms with Crippen LogP contribution in [-0.2, 0) is 15.7 Å². The lowest BCUT2D eigenvalue weighted by Crippen LogP contribution is -2.30. The van der Waals surface area contributed by atoms with Crippen LogP contribution in [0.2, 0.25) is 0 Å². The number of benzene rings is 3. The number of esters is 1. The maximum absolute atomic E-state index is 13.1. The third-order valence-electron chi connectivity index (χ3n) is 5.57. The molecular weight excluding hydrogens is 477 g/mol. The number of imide groups is 1. The molecule has 1 aliphatic heterocycles. The summed E-state index contributed by atoms with van der Waals surface area (Å²) < 4.78 is 44.2. The van der Waals surface area contributed by atoms with Gasteiger partial charge in [0.05, 0.1) is 33.6 Å². The molecule has 0 unspecified atom stereocenters. The summed E-state index contributed by atoms with van der Waals surface area (Å²) in [6, 6.07) is 13.5. The van der Waals surface area contributed by atoms with E-state index in [1.807, 2.05) is 13.0 Å². The van der Waals surface area contributed by atoms with Crippen LogP contribution in [0.15, 0.2) is 60.7 Å². The van der Waals surface area contributed by atoms with Crippen LogP contribution in [0.5, 0.6) is 0 Å². The molecule has 3 aromatic carbocycles. The lowest BCUT2D eigenvalue weighted by molar-refractivity contribution is -0.137. The van der Waals surface area contributed by atoms with Gasteiger partial charge in [-0.25, -0.2) is 9.69 Å². The highest BCUT2D eigenvalue weighted by molar-refractivity contribution is 6.35. The molecule has 3 amide bonds. The number of alkyl halides is 3. The fraction of sp³-hybridized carbons (Fsp3) is 0.154. The van der Waals surface area contributed by atoms with Gasteiger partial charge in [-0.05, 0) is 61.4 Å². The Hall–Kier alpha value is -4.47. The molecule has 10 heteroatoms. The normalized spacial score (nSPS) is 13.0. The average molecular weight is 496 g/mol. The molecule has 0 radical (unpaired) electrons. The number of rotatable bonds is 5. The standard InChI is InChI=1S/C26H19F3N2O5/c1-14-7-8-15(2)21(11-14)31-23(33)17-10-9-16(12-18(17)24(31)34)25(35)36-13-22(32)30-20-6-4-3-5-19(20)26(27,28)29/h3-12H,13H2,1-2H3,(H,30,32). The molecule has 1 aliphatic rings. The molecule has 0 atom stereocenters. The van der Waals surface area contributed by atoms with E-state index in [1.165, 1.54) is 30.3 Å². The third-order valence-corrected chi connectivity index (χ3v) is 5.57. The molecular formula is C26H19F3N2O5. The Morgan fingerprint density at radius 2 is 1.61 bits per heavy atom. The largest absolute Gasteiger partial charge is 0.452 e. The summed E-state index contributed by atoms with van der Waals surface area (Å²) in [6.07, 6.45) is -4.68. The van der Waals surface area contributed by atoms with Crippen molar-refractivity contribution in [2.24, 2.45) is 0 Å². The van der Waals surface area contributed by atoms with Crippen LogP contribution in [0, 0.1) is 13.8 Å². The summed E-state index contributed by atoms with van der Waals surface area (Å²) in [7, 11) is 0. The van der Waals surface area contributed by atoms with Crippen molar-refractivity contribution in [2.45, 2.75) is 20.0 Å². The molecule has 36 heavy (non-hydrogen) atoms. The van der Waals surface area contributed by atoms with Crippen molar-refractivity contribution < 1.29 is 37.1 Å². The number of carbonyl (C=O) groups excluding carboxylic acids is 4. The van der Waals surface area contributed by atoms with Crippen LogP contribution in [0.1, 0.15) is 47.8 Å². The molecule has 0 saturated heterocycles. The Morgan fingerprint density at radius 3 is 2.33 bits per heavy atom. The molecule has 184 valence electrons. The highest BCUT2D eigenvalue weighted by atomic mass is 19.4. The van der Waals surface area contributed by atoms with E-state index in [-0.39, 0.29) is 16.7 Å². The van der Waals surface area contributed by atoms with E-state index < -0.39 is 47.7 Å². The zero-order valence-corrected chi connectivity index (χ0v) is 19.1. The Balaban J connectivity index is 1.47. The van der Waals surface area contributed by atoms with E-state index in [0.717, 1.165) is 22.6 Å². The number of carbonyl (C=O) groups is 4. The summed E-state index contributed by atoms with van der Waals surface area (Å²) in [5, 5.41) is 2.07. The van der Waals surface area contributed by atoms with Crippen molar-refractivity contribution in [3.05, 3.63) is 94.0 Å². The van der Waals surface area contributed by atoms with Gasteiger partial charge in [0.25, 0.3) is 17.7 Å². The van der Waals surface area contributed by atoms with Crippen molar-refractivity contribution >= 4 is 35.1 Å². The Morgan fingerprint density at radius 1 is 0.917 bits per heavy atom. The smallest absolute Gasteiger partial charge is 0.418 e. The summed E-state index contributed by atoms with van der Waals surface area (Å²) in [5.41, 5.74) is 0.500. The van der Waals surface area contributed by atoms with Crippen molar-refractivity contribution in [2.75, 3.05) is 16.8 Å². The van der Waals surface area contributed by atoms with Crippen LogP contribution >= 0.6 is 0 Å². The number of nitrogens with zero attached hydrogens (tertiary/aromatic N) is 1. The molecule has 1 heterocycles. The maximum Gasteiger partial charge on any atom is 0.418 e. The molecule has 3 aromatic rings. The summed E-state index contributed by atoms with van der Waals surface area (Å²) in [4.78, 5) is 51.5. The van der Waals surface area contributed by atoms with Crippen LogP contribution in [-0.4, -0.2) is 30.3 Å². The van der Waals surface area contributed by atoms with E-state index in [1.54, 1.807) is 19.1 Å². The van der Waals surface area contributed by atoms with E-state index in [4.69, 9.17) is 4.74 Å². The second kappa shape index (κ2) is 9.29. The Kier molecular flexibility index (Phi) is 6.36. The fourth-order valence-electron chi connectivity index (χ4n) is 3.79. The van der Waals surface area contributed by atoms with Crippen LogP contribution in [0.25, 0.3) is 0 Å². The van der Waals surface area contributed by atoms with Gasteiger partial charge in [-0.15, -0.1) is 0 Å². The Bertz CT molecular complexity index is 1410. The molecule has 0 aromatic heterocycles. The van der Waals surface area contributed by atoms with Gasteiger partial charge in [-0.3, -0.25) is 14.4 Å². The highest BCUT2D eigenvalue weighted by Crippen LogP contribution is 2.35. The zero-order chi connectivity index (χ0) is 26.2. The van der Waals surface area contributed by atoms with Crippen LogP contribution in [0.3, 0.4) is 0 Å². The quantitative estimate of drug-likeness (QED) is 0.400. The maximum atomic E-state index is 13.1. The van der Waals surface area contributed by atoms with Crippen molar-refractivity contribution in [1.29, 1.82) is 0 Å². The molecule has 0 spiro atoms. The predicted octanol–water partition coefficient (Wildman–Crippen LogP) is 4.92. The summed E-state index contributed by atoms with van der Waals surface area (Å²) in [6.45, 7) is 2.73. The number of amides is 3. The van der Waals surface area contributed by atoms with Gasteiger partial charge >= 0.3 is 12.1 Å². The second-order valence-electron chi connectivity index (χ2n) is 8.16. The van der Waals surface area contributed by atoms with Gasteiger partial charge < -0.3 is 10.1 Å². The third kappa shape index (κ3) is 4.70. The first-order valence-electron chi connectivity index (χ1n) is 10.7. The molecule has 4 rings (SSSR count). The van der Waals surface area contributed by atoms with Gasteiger partial charge in [0.2, 0.25) is 0 Å². The number of halogens is 3. The summed E-state index contributed by atoms with van der Waals surface area (Å²) in [5.74, 6) is -3.11. The van der Waals surface area contributed by atoms with Gasteiger partial charge in [-0.1, -0.05) is 24.3 Å². The zero-order valence-electron chi connectivity index (χ0n) is 19.1. The molecule has 0 bridgehead atoms. The van der Waals surface area contributed by atoms with Gasteiger partial charge in [0, 0.05) is 0 Å². The molecule has 0 saturated carbocycles.